The Labute approximate surface area is 116 Å². The van der Waals surface area contributed by atoms with Crippen LogP contribution in [-0.2, 0) is 16.1 Å². The smallest absolute Gasteiger partial charge is 0.310 e. The van der Waals surface area contributed by atoms with E-state index in [9.17, 15) is 4.79 Å². The number of esters is 1. The Morgan fingerprint density at radius 2 is 2.44 bits per heavy atom. The van der Waals surface area contributed by atoms with Crippen LogP contribution in [0.25, 0.3) is 0 Å². The highest BCUT2D eigenvalue weighted by Gasteiger charge is 2.33. The summed E-state index contributed by atoms with van der Waals surface area (Å²) in [4.78, 5) is 14.9. The van der Waals surface area contributed by atoms with Gasteiger partial charge in [0, 0.05) is 18.8 Å². The van der Waals surface area contributed by atoms with Gasteiger partial charge >= 0.3 is 5.97 Å². The number of aromatic nitrogens is 1. The molecule has 1 heterocycles. The molecule has 2 atom stereocenters. The summed E-state index contributed by atoms with van der Waals surface area (Å²) in [5.41, 5.74) is 1.19. The molecule has 0 aliphatic heterocycles. The van der Waals surface area contributed by atoms with Crippen LogP contribution in [0.5, 0.6) is 0 Å². The molecule has 0 unspecified atom stereocenters. The van der Waals surface area contributed by atoms with Crippen LogP contribution in [0.4, 0.5) is 0 Å². The van der Waals surface area contributed by atoms with Gasteiger partial charge in [-0.15, -0.1) is 0 Å². The summed E-state index contributed by atoms with van der Waals surface area (Å²) in [6.07, 6.45) is 5.05. The van der Waals surface area contributed by atoms with Crippen LogP contribution < -0.4 is 5.32 Å². The molecule has 4 nitrogen and oxygen atoms in total. The lowest BCUT2D eigenvalue weighted by atomic mass is 10.0. The Bertz CT molecular complexity index is 405. The normalized spacial score (nSPS) is 23.2. The van der Waals surface area contributed by atoms with Crippen LogP contribution in [0, 0.1) is 5.92 Å². The van der Waals surface area contributed by atoms with Gasteiger partial charge in [0.1, 0.15) is 0 Å². The van der Waals surface area contributed by atoms with E-state index in [2.05, 4.69) is 26.2 Å². The van der Waals surface area contributed by atoms with E-state index in [0.717, 1.165) is 30.4 Å². The van der Waals surface area contributed by atoms with Crippen molar-refractivity contribution >= 4 is 21.9 Å². The number of hydrogen-bond donors (Lipinski definition) is 2. The molecule has 0 saturated heterocycles. The van der Waals surface area contributed by atoms with E-state index in [1.165, 1.54) is 5.56 Å². The van der Waals surface area contributed by atoms with Crippen molar-refractivity contribution in [3.8, 4) is 0 Å². The summed E-state index contributed by atoms with van der Waals surface area (Å²) in [6, 6.07) is 2.29. The highest BCUT2D eigenvalue weighted by atomic mass is 79.9. The third kappa shape index (κ3) is 3.36. The lowest BCUT2D eigenvalue weighted by Crippen LogP contribution is -2.36. The van der Waals surface area contributed by atoms with Crippen LogP contribution in [0.2, 0.25) is 0 Å². The zero-order valence-corrected chi connectivity index (χ0v) is 12.1. The van der Waals surface area contributed by atoms with Gasteiger partial charge in [0.25, 0.3) is 0 Å². The highest BCUT2D eigenvalue weighted by Crippen LogP contribution is 2.27. The summed E-state index contributed by atoms with van der Waals surface area (Å²) < 4.78 is 6.10. The van der Waals surface area contributed by atoms with E-state index in [1.807, 2.05) is 19.2 Å². The number of rotatable bonds is 5. The summed E-state index contributed by atoms with van der Waals surface area (Å²) in [7, 11) is 0. The molecule has 18 heavy (non-hydrogen) atoms. The fourth-order valence-corrected chi connectivity index (χ4v) is 2.90. The molecular weight excluding hydrogens is 296 g/mol. The Morgan fingerprint density at radius 1 is 1.61 bits per heavy atom. The standard InChI is InChI=1S/C13H19BrN2O2/c1-2-18-13(17)10-4-3-5-11(10)15-7-9-6-12(14)16-8-9/h6,8,10-11,15-16H,2-5,7H2,1H3/t10-,11+/m1/s1. The van der Waals surface area contributed by atoms with Crippen molar-refractivity contribution in [2.24, 2.45) is 5.92 Å². The van der Waals surface area contributed by atoms with E-state index in [0.29, 0.717) is 6.61 Å². The molecule has 1 aromatic heterocycles. The molecule has 1 aliphatic carbocycles. The lowest BCUT2D eigenvalue weighted by Gasteiger charge is -2.19. The predicted molar refractivity (Wildman–Crippen MR) is 73.1 cm³/mol. The van der Waals surface area contributed by atoms with Crippen molar-refractivity contribution in [1.82, 2.24) is 10.3 Å². The Morgan fingerprint density at radius 3 is 3.11 bits per heavy atom. The van der Waals surface area contributed by atoms with Crippen molar-refractivity contribution in [2.75, 3.05) is 6.61 Å². The van der Waals surface area contributed by atoms with E-state index in [4.69, 9.17) is 4.74 Å². The van der Waals surface area contributed by atoms with E-state index >= 15 is 0 Å². The van der Waals surface area contributed by atoms with Crippen molar-refractivity contribution in [3.05, 3.63) is 22.4 Å². The minimum absolute atomic E-state index is 0.0207. The first-order valence-electron chi connectivity index (χ1n) is 6.43. The third-order valence-corrected chi connectivity index (χ3v) is 3.84. The van der Waals surface area contributed by atoms with Crippen molar-refractivity contribution in [1.29, 1.82) is 0 Å². The number of carbonyl (C=O) groups is 1. The largest absolute Gasteiger partial charge is 0.466 e. The van der Waals surface area contributed by atoms with Gasteiger partial charge in [-0.3, -0.25) is 4.79 Å². The van der Waals surface area contributed by atoms with Gasteiger partial charge < -0.3 is 15.0 Å². The highest BCUT2D eigenvalue weighted by molar-refractivity contribution is 9.10. The molecule has 0 amide bonds. The van der Waals surface area contributed by atoms with Gasteiger partial charge in [-0.2, -0.15) is 0 Å². The zero-order chi connectivity index (χ0) is 13.0. The molecule has 2 rings (SSSR count). The average Bonchev–Trinajstić information content (AvgIpc) is 2.95. The number of halogens is 1. The van der Waals surface area contributed by atoms with Crippen LogP contribution in [0.15, 0.2) is 16.9 Å². The maximum absolute atomic E-state index is 11.8. The van der Waals surface area contributed by atoms with Crippen LogP contribution in [0.3, 0.4) is 0 Å². The first-order chi connectivity index (χ1) is 8.70. The first-order valence-corrected chi connectivity index (χ1v) is 7.22. The minimum atomic E-state index is -0.0530. The van der Waals surface area contributed by atoms with Gasteiger partial charge in [-0.25, -0.2) is 0 Å². The predicted octanol–water partition coefficient (Wildman–Crippen LogP) is 2.60. The Hall–Kier alpha value is -0.810. The molecule has 100 valence electrons. The molecule has 1 fully saturated rings. The van der Waals surface area contributed by atoms with Gasteiger partial charge in [0.2, 0.25) is 0 Å². The monoisotopic (exact) mass is 314 g/mol. The average molecular weight is 315 g/mol. The lowest BCUT2D eigenvalue weighted by molar-refractivity contribution is -0.148. The third-order valence-electron chi connectivity index (χ3n) is 3.38. The quantitative estimate of drug-likeness (QED) is 0.821. The molecule has 0 spiro atoms. The molecule has 2 N–H and O–H groups in total. The Balaban J connectivity index is 1.86. The minimum Gasteiger partial charge on any atom is -0.466 e. The van der Waals surface area contributed by atoms with Gasteiger partial charge in [-0.05, 0) is 47.3 Å². The Kier molecular flexibility index (Phi) is 4.83. The number of aromatic amines is 1. The van der Waals surface area contributed by atoms with Crippen molar-refractivity contribution < 1.29 is 9.53 Å². The topological polar surface area (TPSA) is 54.1 Å². The second kappa shape index (κ2) is 6.38. The molecule has 1 saturated carbocycles. The summed E-state index contributed by atoms with van der Waals surface area (Å²) in [5, 5.41) is 3.46. The number of ether oxygens (including phenoxy) is 1. The molecule has 1 aromatic rings. The van der Waals surface area contributed by atoms with E-state index in [1.54, 1.807) is 0 Å². The van der Waals surface area contributed by atoms with Gasteiger partial charge in [0.15, 0.2) is 0 Å². The maximum atomic E-state index is 11.8. The molecule has 1 aliphatic rings. The number of nitrogens with one attached hydrogen (secondary N) is 2. The molecule has 0 radical (unpaired) electrons. The molecule has 0 aromatic carbocycles. The summed E-state index contributed by atoms with van der Waals surface area (Å²) in [6.45, 7) is 3.10. The zero-order valence-electron chi connectivity index (χ0n) is 10.5. The van der Waals surface area contributed by atoms with Crippen LogP contribution in [-0.4, -0.2) is 23.6 Å². The molecule has 0 bridgehead atoms. The summed E-state index contributed by atoms with van der Waals surface area (Å²) >= 11 is 3.38. The fraction of sp³-hybridized carbons (Fsp3) is 0.615. The number of carbonyl (C=O) groups excluding carboxylic acids is 1. The first kappa shape index (κ1) is 13.6. The number of H-pyrrole nitrogens is 1. The van der Waals surface area contributed by atoms with Crippen LogP contribution in [0.1, 0.15) is 31.7 Å². The van der Waals surface area contributed by atoms with E-state index in [-0.39, 0.29) is 17.9 Å². The van der Waals surface area contributed by atoms with Gasteiger partial charge in [0.05, 0.1) is 17.1 Å². The number of hydrogen-bond acceptors (Lipinski definition) is 3. The fourth-order valence-electron chi connectivity index (χ4n) is 2.49. The SMILES string of the molecule is CCOC(=O)[C@@H]1CCC[C@@H]1NCc1c[nH]c(Br)c1. The molecular formula is C13H19BrN2O2. The van der Waals surface area contributed by atoms with Gasteiger partial charge in [-0.1, -0.05) is 6.42 Å². The second-order valence-electron chi connectivity index (χ2n) is 4.63. The van der Waals surface area contributed by atoms with E-state index < -0.39 is 0 Å². The maximum Gasteiger partial charge on any atom is 0.310 e. The second-order valence-corrected chi connectivity index (χ2v) is 5.49. The molecule has 5 heteroatoms. The van der Waals surface area contributed by atoms with Crippen LogP contribution >= 0.6 is 15.9 Å². The van der Waals surface area contributed by atoms with Crippen molar-refractivity contribution in [3.63, 3.8) is 0 Å². The van der Waals surface area contributed by atoms with Crippen molar-refractivity contribution in [2.45, 2.75) is 38.8 Å². The summed E-state index contributed by atoms with van der Waals surface area (Å²) in [5.74, 6) is -0.0323.